The zero-order chi connectivity index (χ0) is 11.4. The van der Waals surface area contributed by atoms with E-state index >= 15 is 0 Å². The first kappa shape index (κ1) is 10.8. The molecule has 2 heterocycles. The van der Waals surface area contributed by atoms with E-state index < -0.39 is 0 Å². The minimum absolute atomic E-state index is 0.179. The molecule has 2 rings (SSSR count). The maximum absolute atomic E-state index is 11.3. The van der Waals surface area contributed by atoms with Crippen molar-refractivity contribution in [3.63, 3.8) is 0 Å². The van der Waals surface area contributed by atoms with Crippen molar-refractivity contribution in [3.05, 3.63) is 35.7 Å². The first-order valence-corrected chi connectivity index (χ1v) is 5.03. The summed E-state index contributed by atoms with van der Waals surface area (Å²) in [5, 5.41) is 2.53. The van der Waals surface area contributed by atoms with Crippen LogP contribution in [0.4, 0.5) is 0 Å². The lowest BCUT2D eigenvalue weighted by atomic mass is 10.1. The highest BCUT2D eigenvalue weighted by atomic mass is 16.6. The summed E-state index contributed by atoms with van der Waals surface area (Å²) >= 11 is 0. The Kier molecular flexibility index (Phi) is 3.28. The van der Waals surface area contributed by atoms with Crippen LogP contribution in [0.3, 0.4) is 0 Å². The Morgan fingerprint density at radius 3 is 3.00 bits per heavy atom. The van der Waals surface area contributed by atoms with Crippen LogP contribution in [-0.4, -0.2) is 31.1 Å². The van der Waals surface area contributed by atoms with Gasteiger partial charge < -0.3 is 5.32 Å². The van der Waals surface area contributed by atoms with Gasteiger partial charge in [-0.25, -0.2) is 0 Å². The van der Waals surface area contributed by atoms with E-state index in [-0.39, 0.29) is 5.91 Å². The lowest BCUT2D eigenvalue weighted by Gasteiger charge is -2.14. The number of aromatic nitrogens is 1. The van der Waals surface area contributed by atoms with Crippen LogP contribution in [0.1, 0.15) is 16.1 Å². The van der Waals surface area contributed by atoms with Gasteiger partial charge in [-0.1, -0.05) is 12.1 Å². The molecule has 5 nitrogen and oxygen atoms in total. The molecule has 1 aromatic heterocycles. The minimum Gasteiger partial charge on any atom is -0.354 e. The van der Waals surface area contributed by atoms with Crippen molar-refractivity contribution in [1.29, 1.82) is 0 Å². The average molecular weight is 219 g/mol. The SMILES string of the molecule is CNC(=O)c1ccc(C2=CCNOC2)cn1. The molecule has 0 unspecified atom stereocenters. The predicted molar refractivity (Wildman–Crippen MR) is 59.6 cm³/mol. The van der Waals surface area contributed by atoms with Crippen LogP contribution >= 0.6 is 0 Å². The molecule has 16 heavy (non-hydrogen) atoms. The molecule has 1 amide bonds. The van der Waals surface area contributed by atoms with E-state index in [0.717, 1.165) is 11.1 Å². The van der Waals surface area contributed by atoms with Crippen LogP contribution in [0.5, 0.6) is 0 Å². The number of amides is 1. The summed E-state index contributed by atoms with van der Waals surface area (Å²) in [6.45, 7) is 1.20. The number of pyridine rings is 1. The average Bonchev–Trinajstić information content (AvgIpc) is 2.39. The number of nitrogens with zero attached hydrogens (tertiary/aromatic N) is 1. The molecule has 0 atom stereocenters. The van der Waals surface area contributed by atoms with Crippen LogP contribution < -0.4 is 10.8 Å². The van der Waals surface area contributed by atoms with Crippen molar-refractivity contribution in [2.75, 3.05) is 20.2 Å². The molecule has 0 radical (unpaired) electrons. The molecule has 0 fully saturated rings. The molecule has 0 spiro atoms. The number of rotatable bonds is 2. The molecule has 1 aliphatic rings. The lowest BCUT2D eigenvalue weighted by molar-refractivity contribution is 0.0678. The van der Waals surface area contributed by atoms with E-state index in [1.54, 1.807) is 19.3 Å². The Balaban J connectivity index is 2.18. The molecule has 0 saturated heterocycles. The van der Waals surface area contributed by atoms with E-state index in [0.29, 0.717) is 18.8 Å². The molecular formula is C11H13N3O2. The molecule has 1 aromatic rings. The summed E-state index contributed by atoms with van der Waals surface area (Å²) in [6.07, 6.45) is 3.73. The molecule has 0 aliphatic carbocycles. The van der Waals surface area contributed by atoms with Crippen LogP contribution in [0.25, 0.3) is 5.57 Å². The molecule has 84 valence electrons. The Bertz CT molecular complexity index is 412. The Labute approximate surface area is 93.5 Å². The summed E-state index contributed by atoms with van der Waals surface area (Å²) in [4.78, 5) is 20.5. The van der Waals surface area contributed by atoms with Gasteiger partial charge in [-0.2, -0.15) is 5.48 Å². The molecule has 0 bridgehead atoms. The smallest absolute Gasteiger partial charge is 0.269 e. The van der Waals surface area contributed by atoms with Gasteiger partial charge >= 0.3 is 0 Å². The number of hydroxylamine groups is 1. The van der Waals surface area contributed by atoms with Crippen molar-refractivity contribution >= 4 is 11.5 Å². The third kappa shape index (κ3) is 2.26. The fourth-order valence-corrected chi connectivity index (χ4v) is 1.46. The second-order valence-corrected chi connectivity index (χ2v) is 3.38. The monoisotopic (exact) mass is 219 g/mol. The maximum atomic E-state index is 11.3. The van der Waals surface area contributed by atoms with Crippen LogP contribution in [0.15, 0.2) is 24.4 Å². The van der Waals surface area contributed by atoms with Gasteiger partial charge in [0.05, 0.1) is 6.61 Å². The zero-order valence-corrected chi connectivity index (χ0v) is 8.99. The second kappa shape index (κ2) is 4.87. The number of hydrogen-bond acceptors (Lipinski definition) is 4. The van der Waals surface area contributed by atoms with Crippen LogP contribution in [0, 0.1) is 0 Å². The second-order valence-electron chi connectivity index (χ2n) is 3.38. The highest BCUT2D eigenvalue weighted by molar-refractivity contribution is 5.92. The predicted octanol–water partition coefficient (Wildman–Crippen LogP) is 0.359. The molecule has 0 saturated carbocycles. The van der Waals surface area contributed by atoms with Crippen molar-refractivity contribution in [2.45, 2.75) is 0 Å². The van der Waals surface area contributed by atoms with Crippen molar-refractivity contribution < 1.29 is 9.63 Å². The highest BCUT2D eigenvalue weighted by Crippen LogP contribution is 2.15. The number of carbonyl (C=O) groups is 1. The van der Waals surface area contributed by atoms with Gasteiger partial charge in [-0.15, -0.1) is 0 Å². The lowest BCUT2D eigenvalue weighted by Crippen LogP contribution is -2.21. The summed E-state index contributed by atoms with van der Waals surface area (Å²) in [6, 6.07) is 3.58. The van der Waals surface area contributed by atoms with E-state index in [2.05, 4.69) is 15.8 Å². The van der Waals surface area contributed by atoms with Gasteiger partial charge in [-0.05, 0) is 17.2 Å². The van der Waals surface area contributed by atoms with Gasteiger partial charge in [0, 0.05) is 19.8 Å². The van der Waals surface area contributed by atoms with Crippen molar-refractivity contribution in [3.8, 4) is 0 Å². The van der Waals surface area contributed by atoms with Gasteiger partial charge in [0.2, 0.25) is 0 Å². The third-order valence-corrected chi connectivity index (χ3v) is 2.36. The zero-order valence-electron chi connectivity index (χ0n) is 8.99. The summed E-state index contributed by atoms with van der Waals surface area (Å²) in [5.74, 6) is -0.179. The molecule has 0 aromatic carbocycles. The van der Waals surface area contributed by atoms with E-state index in [1.165, 1.54) is 0 Å². The van der Waals surface area contributed by atoms with E-state index in [4.69, 9.17) is 4.84 Å². The summed E-state index contributed by atoms with van der Waals surface area (Å²) in [7, 11) is 1.58. The molecule has 5 heteroatoms. The first-order chi connectivity index (χ1) is 7.81. The van der Waals surface area contributed by atoms with Gasteiger partial charge in [0.15, 0.2) is 0 Å². The first-order valence-electron chi connectivity index (χ1n) is 5.03. The number of carbonyl (C=O) groups excluding carboxylic acids is 1. The fourth-order valence-electron chi connectivity index (χ4n) is 1.46. The Morgan fingerprint density at radius 1 is 1.56 bits per heavy atom. The minimum atomic E-state index is -0.179. The Morgan fingerprint density at radius 2 is 2.44 bits per heavy atom. The number of nitrogens with one attached hydrogen (secondary N) is 2. The van der Waals surface area contributed by atoms with Crippen LogP contribution in [0.2, 0.25) is 0 Å². The standard InChI is InChI=1S/C11H13N3O2/c1-12-11(15)10-3-2-8(6-13-10)9-4-5-14-16-7-9/h2-4,6,14H,5,7H2,1H3,(H,12,15). The van der Waals surface area contributed by atoms with E-state index in [1.807, 2.05) is 12.1 Å². The Hall–Kier alpha value is -1.72. The molecular weight excluding hydrogens is 206 g/mol. The summed E-state index contributed by atoms with van der Waals surface area (Å²) in [5.41, 5.74) is 5.24. The quantitative estimate of drug-likeness (QED) is 0.754. The largest absolute Gasteiger partial charge is 0.354 e. The van der Waals surface area contributed by atoms with Gasteiger partial charge in [0.1, 0.15) is 5.69 Å². The number of hydrogen-bond donors (Lipinski definition) is 2. The topological polar surface area (TPSA) is 63.2 Å². The van der Waals surface area contributed by atoms with E-state index in [9.17, 15) is 4.79 Å². The van der Waals surface area contributed by atoms with Gasteiger partial charge in [0.25, 0.3) is 5.91 Å². The fraction of sp³-hybridized carbons (Fsp3) is 0.273. The summed E-state index contributed by atoms with van der Waals surface area (Å²) < 4.78 is 0. The normalized spacial score (nSPS) is 15.4. The maximum Gasteiger partial charge on any atom is 0.269 e. The van der Waals surface area contributed by atoms with Crippen LogP contribution in [-0.2, 0) is 4.84 Å². The molecule has 1 aliphatic heterocycles. The highest BCUT2D eigenvalue weighted by Gasteiger charge is 2.08. The third-order valence-electron chi connectivity index (χ3n) is 2.36. The van der Waals surface area contributed by atoms with Crippen molar-refractivity contribution in [1.82, 2.24) is 15.8 Å². The van der Waals surface area contributed by atoms with Crippen molar-refractivity contribution in [2.24, 2.45) is 0 Å². The molecule has 2 N–H and O–H groups in total. The van der Waals surface area contributed by atoms with Gasteiger partial charge in [-0.3, -0.25) is 14.6 Å².